The molecule has 0 spiro atoms. The molecule has 0 bridgehead atoms. The summed E-state index contributed by atoms with van der Waals surface area (Å²) < 4.78 is 14.4. The maximum Gasteiger partial charge on any atom is 0.118 e. The summed E-state index contributed by atoms with van der Waals surface area (Å²) in [7, 11) is 6.05. The SMILES string of the molecule is OCC(OP)C(OP)C(O)COP. The second-order valence-corrected chi connectivity index (χ2v) is 3.24. The maximum absolute atomic E-state index is 9.46. The Kier molecular flexibility index (Phi) is 9.11. The molecule has 0 aromatic heterocycles. The van der Waals surface area contributed by atoms with Gasteiger partial charge in [0.05, 0.1) is 13.2 Å². The lowest BCUT2D eigenvalue weighted by Crippen LogP contribution is -2.42. The Morgan fingerprint density at radius 2 is 1.77 bits per heavy atom. The van der Waals surface area contributed by atoms with Crippen LogP contribution in [0.15, 0.2) is 0 Å². The second kappa shape index (κ2) is 8.40. The molecular formula is C5H15O5P3. The van der Waals surface area contributed by atoms with Gasteiger partial charge >= 0.3 is 0 Å². The molecule has 0 rings (SSSR count). The van der Waals surface area contributed by atoms with Gasteiger partial charge < -0.3 is 23.8 Å². The number of rotatable bonds is 7. The van der Waals surface area contributed by atoms with E-state index in [1.165, 1.54) is 0 Å². The molecule has 0 aliphatic carbocycles. The van der Waals surface area contributed by atoms with Crippen molar-refractivity contribution in [3.05, 3.63) is 0 Å². The molecule has 2 N–H and O–H groups in total. The van der Waals surface area contributed by atoms with Crippen LogP contribution in [0.25, 0.3) is 0 Å². The Bertz CT molecular complexity index is 123. The third kappa shape index (κ3) is 4.92. The average Bonchev–Trinajstić information content (AvgIpc) is 2.14. The Labute approximate surface area is 84.4 Å². The number of hydrogen-bond acceptors (Lipinski definition) is 5. The molecule has 5 nitrogen and oxygen atoms in total. The van der Waals surface area contributed by atoms with Gasteiger partial charge in [-0.15, -0.1) is 0 Å². The minimum atomic E-state index is -0.854. The molecule has 13 heavy (non-hydrogen) atoms. The smallest absolute Gasteiger partial charge is 0.118 e. The molecule has 6 unspecified atom stereocenters. The summed E-state index contributed by atoms with van der Waals surface area (Å²) in [4.78, 5) is 0. The molecule has 0 heterocycles. The molecule has 0 aliphatic heterocycles. The number of hydrogen-bond donors (Lipinski definition) is 2. The first kappa shape index (κ1) is 14.1. The van der Waals surface area contributed by atoms with Crippen molar-refractivity contribution in [2.24, 2.45) is 0 Å². The van der Waals surface area contributed by atoms with Gasteiger partial charge in [-0.3, -0.25) is 0 Å². The fraction of sp³-hybridized carbons (Fsp3) is 1.00. The van der Waals surface area contributed by atoms with Crippen LogP contribution in [0, 0.1) is 0 Å². The molecule has 6 atom stereocenters. The third-order valence-corrected chi connectivity index (χ3v) is 2.38. The second-order valence-electron chi connectivity index (χ2n) is 2.36. The predicted molar refractivity (Wildman–Crippen MR) is 57.9 cm³/mol. The van der Waals surface area contributed by atoms with E-state index in [2.05, 4.69) is 4.52 Å². The van der Waals surface area contributed by atoms with Crippen molar-refractivity contribution in [1.82, 2.24) is 0 Å². The van der Waals surface area contributed by atoms with Crippen molar-refractivity contribution in [3.8, 4) is 0 Å². The van der Waals surface area contributed by atoms with Gasteiger partial charge in [-0.1, -0.05) is 0 Å². The summed E-state index contributed by atoms with van der Waals surface area (Å²) in [6.45, 7) is -0.148. The normalized spacial score (nSPS) is 18.2. The molecule has 0 radical (unpaired) electrons. The summed E-state index contributed by atoms with van der Waals surface area (Å²) >= 11 is 0. The molecule has 0 saturated carbocycles. The molecular weight excluding hydrogens is 233 g/mol. The Morgan fingerprint density at radius 1 is 1.15 bits per heavy atom. The highest BCUT2D eigenvalue weighted by Gasteiger charge is 2.28. The minimum absolute atomic E-state index is 0.0915. The van der Waals surface area contributed by atoms with E-state index in [4.69, 9.17) is 14.2 Å². The van der Waals surface area contributed by atoms with Crippen LogP contribution in [0.4, 0.5) is 0 Å². The van der Waals surface area contributed by atoms with E-state index >= 15 is 0 Å². The minimum Gasteiger partial charge on any atom is -0.394 e. The Morgan fingerprint density at radius 3 is 2.08 bits per heavy atom. The van der Waals surface area contributed by atoms with Crippen LogP contribution in [-0.2, 0) is 13.6 Å². The standard InChI is InChI=1S/C5H15O5P3/c6-1-4(9-12)5(10-13)3(7)2-8-11/h3-7H,1-2,11-13H2. The molecule has 80 valence electrons. The van der Waals surface area contributed by atoms with Crippen LogP contribution in [0.2, 0.25) is 0 Å². The van der Waals surface area contributed by atoms with Crippen molar-refractivity contribution in [2.75, 3.05) is 13.2 Å². The van der Waals surface area contributed by atoms with Crippen molar-refractivity contribution in [1.29, 1.82) is 0 Å². The zero-order chi connectivity index (χ0) is 10.3. The van der Waals surface area contributed by atoms with Crippen LogP contribution in [0.3, 0.4) is 0 Å². The first-order valence-electron chi connectivity index (χ1n) is 3.52. The molecule has 0 aromatic rings. The summed E-state index contributed by atoms with van der Waals surface area (Å²) in [5, 5.41) is 18.3. The highest BCUT2D eigenvalue weighted by molar-refractivity contribution is 7.10. The first-order chi connectivity index (χ1) is 6.21. The molecule has 0 fully saturated rings. The van der Waals surface area contributed by atoms with Gasteiger partial charge in [0, 0.05) is 28.4 Å². The molecule has 8 heteroatoms. The summed E-state index contributed by atoms with van der Waals surface area (Å²) in [6, 6.07) is 0. The topological polar surface area (TPSA) is 68.2 Å². The largest absolute Gasteiger partial charge is 0.394 e. The van der Waals surface area contributed by atoms with Gasteiger partial charge in [-0.05, 0) is 0 Å². The molecule has 0 aliphatic rings. The van der Waals surface area contributed by atoms with E-state index < -0.39 is 18.3 Å². The van der Waals surface area contributed by atoms with E-state index in [9.17, 15) is 5.11 Å². The van der Waals surface area contributed by atoms with Crippen LogP contribution >= 0.6 is 28.4 Å². The van der Waals surface area contributed by atoms with Crippen LogP contribution in [0.1, 0.15) is 0 Å². The van der Waals surface area contributed by atoms with Crippen molar-refractivity contribution in [3.63, 3.8) is 0 Å². The van der Waals surface area contributed by atoms with Gasteiger partial charge in [0.1, 0.15) is 18.3 Å². The van der Waals surface area contributed by atoms with Crippen LogP contribution < -0.4 is 0 Å². The van der Waals surface area contributed by atoms with E-state index in [0.29, 0.717) is 0 Å². The Hall–Kier alpha value is 1.09. The lowest BCUT2D eigenvalue weighted by Gasteiger charge is -2.26. The van der Waals surface area contributed by atoms with Crippen molar-refractivity contribution >= 4 is 28.4 Å². The van der Waals surface area contributed by atoms with Gasteiger partial charge in [0.2, 0.25) is 0 Å². The Balaban J connectivity index is 4.11. The predicted octanol–water partition coefficient (Wildman–Crippen LogP) is -0.503. The highest BCUT2D eigenvalue weighted by atomic mass is 31.0. The van der Waals surface area contributed by atoms with Crippen LogP contribution in [0.5, 0.6) is 0 Å². The molecule has 0 aromatic carbocycles. The summed E-state index contributed by atoms with van der Waals surface area (Å²) in [6.07, 6.45) is -2.10. The fourth-order valence-corrected chi connectivity index (χ4v) is 1.64. The lowest BCUT2D eigenvalue weighted by atomic mass is 10.1. The van der Waals surface area contributed by atoms with E-state index in [0.717, 1.165) is 0 Å². The van der Waals surface area contributed by atoms with Crippen molar-refractivity contribution < 1.29 is 23.8 Å². The lowest BCUT2D eigenvalue weighted by molar-refractivity contribution is -0.0505. The maximum atomic E-state index is 9.46. The number of aliphatic hydroxyl groups excluding tert-OH is 2. The summed E-state index contributed by atoms with van der Waals surface area (Å²) in [5.74, 6) is 0. The highest BCUT2D eigenvalue weighted by Crippen LogP contribution is 2.15. The van der Waals surface area contributed by atoms with Gasteiger partial charge in [-0.25, -0.2) is 0 Å². The average molecular weight is 248 g/mol. The van der Waals surface area contributed by atoms with Gasteiger partial charge in [0.15, 0.2) is 0 Å². The number of aliphatic hydroxyl groups is 2. The van der Waals surface area contributed by atoms with Gasteiger partial charge in [0.25, 0.3) is 0 Å². The van der Waals surface area contributed by atoms with E-state index in [1.54, 1.807) is 0 Å². The summed E-state index contributed by atoms with van der Waals surface area (Å²) in [5.41, 5.74) is 0. The first-order valence-corrected chi connectivity index (χ1v) is 4.94. The fourth-order valence-electron chi connectivity index (χ4n) is 0.844. The zero-order valence-electron chi connectivity index (χ0n) is 7.00. The zero-order valence-corrected chi connectivity index (χ0v) is 10.5. The van der Waals surface area contributed by atoms with E-state index in [-0.39, 0.29) is 13.2 Å². The van der Waals surface area contributed by atoms with Crippen LogP contribution in [-0.4, -0.2) is 41.7 Å². The van der Waals surface area contributed by atoms with Gasteiger partial charge in [-0.2, -0.15) is 0 Å². The molecule has 0 saturated heterocycles. The quantitative estimate of drug-likeness (QED) is 0.594. The third-order valence-electron chi connectivity index (χ3n) is 1.52. The monoisotopic (exact) mass is 248 g/mol. The molecule has 0 amide bonds. The van der Waals surface area contributed by atoms with E-state index in [1.807, 2.05) is 28.4 Å². The van der Waals surface area contributed by atoms with Crippen molar-refractivity contribution in [2.45, 2.75) is 18.3 Å².